The highest BCUT2D eigenvalue weighted by Gasteiger charge is 2.71. The van der Waals surface area contributed by atoms with Crippen LogP contribution >= 0.6 is 0 Å². The molecule has 1 saturated carbocycles. The van der Waals surface area contributed by atoms with E-state index in [4.69, 9.17) is 18.9 Å². The van der Waals surface area contributed by atoms with Gasteiger partial charge in [0.05, 0.1) is 23.9 Å². The third kappa shape index (κ3) is 2.32. The molecule has 4 rings (SSSR count). The average molecular weight is 332 g/mol. The predicted octanol–water partition coefficient (Wildman–Crippen LogP) is 2.32. The number of ether oxygens (including phenoxy) is 4. The third-order valence-electron chi connectivity index (χ3n) is 4.97. The number of epoxide rings is 1. The summed E-state index contributed by atoms with van der Waals surface area (Å²) in [7, 11) is 0. The highest BCUT2D eigenvalue weighted by Crippen LogP contribution is 2.60. The van der Waals surface area contributed by atoms with E-state index in [9.17, 15) is 14.7 Å². The Morgan fingerprint density at radius 1 is 1.29 bits per heavy atom. The van der Waals surface area contributed by atoms with Crippen LogP contribution in [0.2, 0.25) is 0 Å². The van der Waals surface area contributed by atoms with Gasteiger partial charge in [-0.2, -0.15) is 0 Å². The van der Waals surface area contributed by atoms with Gasteiger partial charge >= 0.3 is 12.1 Å². The van der Waals surface area contributed by atoms with Crippen molar-refractivity contribution < 1.29 is 33.6 Å². The number of carbonyl (C=O) groups is 2. The van der Waals surface area contributed by atoms with E-state index in [0.29, 0.717) is 12.2 Å². The molecule has 7 nitrogen and oxygen atoms in total. The van der Waals surface area contributed by atoms with Crippen LogP contribution < -0.4 is 4.74 Å². The summed E-state index contributed by atoms with van der Waals surface area (Å²) < 4.78 is 21.4. The van der Waals surface area contributed by atoms with Crippen LogP contribution in [0.5, 0.6) is 5.75 Å². The molecule has 1 aliphatic carbocycles. The quantitative estimate of drug-likeness (QED) is 0.515. The predicted molar refractivity (Wildman–Crippen MR) is 79.0 cm³/mol. The molecule has 0 unspecified atom stereocenters. The van der Waals surface area contributed by atoms with Gasteiger partial charge in [-0.3, -0.25) is 0 Å². The highest BCUT2D eigenvalue weighted by atomic mass is 16.8. The molecule has 5 atom stereocenters. The number of benzene rings is 1. The van der Waals surface area contributed by atoms with Crippen LogP contribution in [0.3, 0.4) is 0 Å². The molecule has 24 heavy (non-hydrogen) atoms. The molecule has 126 valence electrons. The highest BCUT2D eigenvalue weighted by molar-refractivity contribution is 5.87. The first kappa shape index (κ1) is 15.0. The lowest BCUT2D eigenvalue weighted by Gasteiger charge is -2.35. The number of fused-ring (bicyclic) bond motifs is 3. The van der Waals surface area contributed by atoms with Crippen LogP contribution in [0, 0.1) is 11.8 Å². The van der Waals surface area contributed by atoms with E-state index in [0.717, 1.165) is 6.26 Å². The van der Waals surface area contributed by atoms with E-state index in [1.54, 1.807) is 30.3 Å². The molecule has 0 aromatic heterocycles. The van der Waals surface area contributed by atoms with E-state index in [-0.39, 0.29) is 23.5 Å². The molecule has 1 aromatic rings. The number of carbonyl (C=O) groups excluding carboxylic acids is 1. The summed E-state index contributed by atoms with van der Waals surface area (Å²) >= 11 is 0. The number of rotatable bonds is 3. The van der Waals surface area contributed by atoms with Gasteiger partial charge < -0.3 is 24.1 Å². The lowest BCUT2D eigenvalue weighted by molar-refractivity contribution is -0.153. The van der Waals surface area contributed by atoms with Crippen LogP contribution in [0.1, 0.15) is 13.3 Å². The minimum absolute atomic E-state index is 0.0341. The average Bonchev–Trinajstić information content (AvgIpc) is 3.09. The molecule has 0 spiro atoms. The van der Waals surface area contributed by atoms with E-state index >= 15 is 0 Å². The van der Waals surface area contributed by atoms with Gasteiger partial charge in [0.15, 0.2) is 0 Å². The molecule has 0 bridgehead atoms. The van der Waals surface area contributed by atoms with Crippen molar-refractivity contribution >= 4 is 12.1 Å². The van der Waals surface area contributed by atoms with Crippen molar-refractivity contribution in [3.8, 4) is 5.75 Å². The first-order valence-electron chi connectivity index (χ1n) is 7.69. The van der Waals surface area contributed by atoms with Gasteiger partial charge in [0.2, 0.25) is 0 Å². The van der Waals surface area contributed by atoms with Crippen molar-refractivity contribution in [1.82, 2.24) is 0 Å². The Morgan fingerprint density at radius 3 is 2.75 bits per heavy atom. The number of carboxylic acids is 1. The summed E-state index contributed by atoms with van der Waals surface area (Å²) in [5.74, 6) is -1.31. The Hall–Kier alpha value is -2.54. The van der Waals surface area contributed by atoms with Crippen molar-refractivity contribution in [2.45, 2.75) is 31.3 Å². The Morgan fingerprint density at radius 2 is 2.04 bits per heavy atom. The second-order valence-corrected chi connectivity index (χ2v) is 6.32. The monoisotopic (exact) mass is 332 g/mol. The van der Waals surface area contributed by atoms with E-state index in [1.807, 2.05) is 6.92 Å². The summed E-state index contributed by atoms with van der Waals surface area (Å²) in [6, 6.07) is 8.53. The molecule has 7 heteroatoms. The van der Waals surface area contributed by atoms with Crippen LogP contribution in [-0.2, 0) is 19.0 Å². The van der Waals surface area contributed by atoms with Gasteiger partial charge in [0.25, 0.3) is 6.29 Å². The molecular formula is C17H16O7. The molecule has 0 amide bonds. The number of aliphatic carboxylic acids is 1. The zero-order valence-electron chi connectivity index (χ0n) is 12.9. The van der Waals surface area contributed by atoms with Crippen molar-refractivity contribution in [2.75, 3.05) is 0 Å². The number of para-hydroxylation sites is 1. The number of hydrogen-bond donors (Lipinski definition) is 1. The molecule has 1 saturated heterocycles. The summed E-state index contributed by atoms with van der Waals surface area (Å²) in [5, 5.41) is 9.31. The summed E-state index contributed by atoms with van der Waals surface area (Å²) in [6.45, 7) is 1.88. The number of hydrogen-bond acceptors (Lipinski definition) is 6. The molecule has 3 aliphatic rings. The summed E-state index contributed by atoms with van der Waals surface area (Å²) in [4.78, 5) is 23.4. The third-order valence-corrected chi connectivity index (χ3v) is 4.97. The van der Waals surface area contributed by atoms with Crippen molar-refractivity contribution in [1.29, 1.82) is 0 Å². The fourth-order valence-electron chi connectivity index (χ4n) is 3.73. The molecule has 1 aromatic carbocycles. The second kappa shape index (κ2) is 5.24. The first-order chi connectivity index (χ1) is 11.5. The molecule has 2 fully saturated rings. The van der Waals surface area contributed by atoms with Crippen molar-refractivity contribution in [2.24, 2.45) is 11.8 Å². The second-order valence-electron chi connectivity index (χ2n) is 6.32. The van der Waals surface area contributed by atoms with Gasteiger partial charge in [0, 0.05) is 5.92 Å². The van der Waals surface area contributed by atoms with Gasteiger partial charge in [-0.05, 0) is 25.5 Å². The van der Waals surface area contributed by atoms with E-state index in [1.165, 1.54) is 0 Å². The Balaban J connectivity index is 1.51. The normalized spacial score (nSPS) is 35.8. The maximum absolute atomic E-state index is 12.0. The maximum Gasteiger partial charge on any atom is 0.516 e. The van der Waals surface area contributed by atoms with Gasteiger partial charge in [0.1, 0.15) is 11.4 Å². The Kier molecular flexibility index (Phi) is 3.28. The molecular weight excluding hydrogens is 316 g/mol. The van der Waals surface area contributed by atoms with E-state index in [2.05, 4.69) is 0 Å². The van der Waals surface area contributed by atoms with Crippen molar-refractivity contribution in [3.63, 3.8) is 0 Å². The lowest BCUT2D eigenvalue weighted by Crippen LogP contribution is -2.43. The molecule has 2 aliphatic heterocycles. The van der Waals surface area contributed by atoms with Crippen LogP contribution in [0.4, 0.5) is 4.79 Å². The largest absolute Gasteiger partial charge is 0.516 e. The fourth-order valence-corrected chi connectivity index (χ4v) is 3.73. The van der Waals surface area contributed by atoms with E-state index < -0.39 is 24.0 Å². The van der Waals surface area contributed by atoms with Gasteiger partial charge in [-0.25, -0.2) is 9.59 Å². The topological polar surface area (TPSA) is 94.6 Å². The van der Waals surface area contributed by atoms with Crippen LogP contribution in [-0.4, -0.2) is 35.2 Å². The molecule has 2 heterocycles. The smallest absolute Gasteiger partial charge is 0.478 e. The number of carboxylic acid groups (broad SMARTS) is 1. The van der Waals surface area contributed by atoms with Gasteiger partial charge in [-0.1, -0.05) is 18.2 Å². The molecule has 1 N–H and O–H groups in total. The SMILES string of the molecule is C[C@]12O[C@H]1C[C@@H]1C(C(=O)O)=CO[C@@H](OC(=O)Oc3ccccc3)[C@H]12. The Labute approximate surface area is 137 Å². The zero-order chi connectivity index (χ0) is 16.9. The molecule has 0 radical (unpaired) electrons. The minimum Gasteiger partial charge on any atom is -0.478 e. The Bertz CT molecular complexity index is 713. The summed E-state index contributed by atoms with van der Waals surface area (Å²) in [5.41, 5.74) is -0.342. The van der Waals surface area contributed by atoms with Crippen molar-refractivity contribution in [3.05, 3.63) is 42.2 Å². The first-order valence-corrected chi connectivity index (χ1v) is 7.69. The zero-order valence-corrected chi connectivity index (χ0v) is 12.9. The van der Waals surface area contributed by atoms with Crippen LogP contribution in [0.25, 0.3) is 0 Å². The lowest BCUT2D eigenvalue weighted by atomic mass is 9.82. The minimum atomic E-state index is -1.03. The fraction of sp³-hybridized carbons (Fsp3) is 0.412. The summed E-state index contributed by atoms with van der Waals surface area (Å²) in [6.07, 6.45) is -0.126. The standard InChI is InChI=1S/C17H16O7/c1-17-12(24-17)7-10-11(14(18)19)8-21-15(13(10)17)23-16(20)22-9-5-3-2-4-6-9/h2-6,8,10,12-13,15H,7H2,1H3,(H,18,19)/t10-,12+,13+,15+,17+/m1/s1. The van der Waals surface area contributed by atoms with Gasteiger partial charge in [-0.15, -0.1) is 0 Å². The maximum atomic E-state index is 12.0. The van der Waals surface area contributed by atoms with Crippen LogP contribution in [0.15, 0.2) is 42.2 Å².